The van der Waals surface area contributed by atoms with E-state index in [1.807, 2.05) is 12.1 Å². The Morgan fingerprint density at radius 2 is 2.36 bits per heavy atom. The van der Waals surface area contributed by atoms with Gasteiger partial charge < -0.3 is 4.84 Å². The minimum absolute atomic E-state index is 0.294. The number of aryl methyl sites for hydroxylation is 1. The predicted octanol–water partition coefficient (Wildman–Crippen LogP) is 2.87. The molecule has 1 aromatic rings. The van der Waals surface area contributed by atoms with Crippen LogP contribution in [0.3, 0.4) is 0 Å². The van der Waals surface area contributed by atoms with Crippen LogP contribution in [0.25, 0.3) is 0 Å². The summed E-state index contributed by atoms with van der Waals surface area (Å²) in [5, 5.41) is 0.800. The molecule has 0 saturated heterocycles. The molecule has 0 aliphatic heterocycles. The van der Waals surface area contributed by atoms with E-state index < -0.39 is 0 Å². The number of hydrogen-bond donors (Lipinski definition) is 1. The number of hydroxylamine groups is 1. The molecule has 0 amide bonds. The Labute approximate surface area is 89.2 Å². The van der Waals surface area contributed by atoms with Crippen LogP contribution in [0.4, 0.5) is 0 Å². The lowest BCUT2D eigenvalue weighted by Gasteiger charge is -2.25. The fourth-order valence-electron chi connectivity index (χ4n) is 2.03. The molecule has 0 heterocycles. The molecule has 0 saturated carbocycles. The summed E-state index contributed by atoms with van der Waals surface area (Å²) in [6.45, 7) is 0. The largest absolute Gasteiger partial charge is 0.305 e. The van der Waals surface area contributed by atoms with Crippen molar-refractivity contribution in [2.45, 2.75) is 25.3 Å². The molecular formula is C11H14ClNO. The molecule has 2 rings (SSSR count). The summed E-state index contributed by atoms with van der Waals surface area (Å²) < 4.78 is 0. The van der Waals surface area contributed by atoms with E-state index in [4.69, 9.17) is 16.4 Å². The first-order chi connectivity index (χ1) is 6.81. The quantitative estimate of drug-likeness (QED) is 0.760. The molecule has 3 heteroatoms. The monoisotopic (exact) mass is 211 g/mol. The number of rotatable bonds is 2. The minimum atomic E-state index is 0.294. The van der Waals surface area contributed by atoms with Crippen molar-refractivity contribution in [3.05, 3.63) is 34.3 Å². The van der Waals surface area contributed by atoms with Crippen LogP contribution in [0.2, 0.25) is 5.02 Å². The Hall–Kier alpha value is -0.570. The molecule has 1 atom stereocenters. The van der Waals surface area contributed by atoms with Crippen molar-refractivity contribution < 1.29 is 4.84 Å². The second kappa shape index (κ2) is 4.30. The van der Waals surface area contributed by atoms with E-state index in [9.17, 15) is 0 Å². The molecule has 0 radical (unpaired) electrons. The van der Waals surface area contributed by atoms with Crippen LogP contribution in [0.15, 0.2) is 18.2 Å². The first-order valence-corrected chi connectivity index (χ1v) is 5.26. The number of nitrogens with one attached hydrogen (secondary N) is 1. The van der Waals surface area contributed by atoms with Crippen molar-refractivity contribution in [3.63, 3.8) is 0 Å². The van der Waals surface area contributed by atoms with Crippen LogP contribution in [0.1, 0.15) is 30.0 Å². The summed E-state index contributed by atoms with van der Waals surface area (Å²) in [7, 11) is 1.65. The third-order valence-corrected chi connectivity index (χ3v) is 2.92. The normalized spacial score (nSPS) is 20.6. The van der Waals surface area contributed by atoms with Crippen molar-refractivity contribution in [2.75, 3.05) is 7.11 Å². The van der Waals surface area contributed by atoms with Crippen LogP contribution in [0, 0.1) is 0 Å². The fourth-order valence-corrected chi connectivity index (χ4v) is 2.22. The third-order valence-electron chi connectivity index (χ3n) is 2.68. The van der Waals surface area contributed by atoms with Gasteiger partial charge >= 0.3 is 0 Å². The van der Waals surface area contributed by atoms with Crippen LogP contribution in [-0.2, 0) is 11.3 Å². The molecule has 76 valence electrons. The number of fused-ring (bicyclic) bond motifs is 1. The highest BCUT2D eigenvalue weighted by Crippen LogP contribution is 2.31. The Balaban J connectivity index is 2.32. The topological polar surface area (TPSA) is 21.3 Å². The summed E-state index contributed by atoms with van der Waals surface area (Å²) >= 11 is 5.97. The van der Waals surface area contributed by atoms with Gasteiger partial charge in [0.05, 0.1) is 13.2 Å². The van der Waals surface area contributed by atoms with E-state index in [-0.39, 0.29) is 0 Å². The third kappa shape index (κ3) is 1.92. The van der Waals surface area contributed by atoms with Crippen LogP contribution >= 0.6 is 11.6 Å². The average molecular weight is 212 g/mol. The summed E-state index contributed by atoms with van der Waals surface area (Å²) in [6, 6.07) is 6.39. The Morgan fingerprint density at radius 3 is 3.14 bits per heavy atom. The molecule has 0 spiro atoms. The average Bonchev–Trinajstić information content (AvgIpc) is 2.19. The second-order valence-corrected chi connectivity index (χ2v) is 4.05. The van der Waals surface area contributed by atoms with Crippen molar-refractivity contribution in [3.8, 4) is 0 Å². The lowest BCUT2D eigenvalue weighted by atomic mass is 9.88. The number of hydrogen-bond acceptors (Lipinski definition) is 2. The Morgan fingerprint density at radius 1 is 1.50 bits per heavy atom. The Bertz CT molecular complexity index is 327. The van der Waals surface area contributed by atoms with Gasteiger partial charge in [-0.2, -0.15) is 5.48 Å². The Kier molecular flexibility index (Phi) is 3.06. The molecule has 14 heavy (non-hydrogen) atoms. The van der Waals surface area contributed by atoms with Gasteiger partial charge in [0.15, 0.2) is 0 Å². The van der Waals surface area contributed by atoms with Gasteiger partial charge in [0, 0.05) is 5.02 Å². The summed E-state index contributed by atoms with van der Waals surface area (Å²) in [4.78, 5) is 4.98. The first kappa shape index (κ1) is 9.97. The molecule has 2 nitrogen and oxygen atoms in total. The van der Waals surface area contributed by atoms with Gasteiger partial charge in [-0.05, 0) is 42.5 Å². The molecule has 0 bridgehead atoms. The van der Waals surface area contributed by atoms with Gasteiger partial charge in [-0.15, -0.1) is 0 Å². The van der Waals surface area contributed by atoms with E-state index in [1.54, 1.807) is 7.11 Å². The second-order valence-electron chi connectivity index (χ2n) is 3.61. The van der Waals surface area contributed by atoms with Crippen LogP contribution in [0.5, 0.6) is 0 Å². The molecule has 1 unspecified atom stereocenters. The molecular weight excluding hydrogens is 198 g/mol. The van der Waals surface area contributed by atoms with E-state index in [1.165, 1.54) is 17.5 Å². The summed E-state index contributed by atoms with van der Waals surface area (Å²) in [5.74, 6) is 0. The first-order valence-electron chi connectivity index (χ1n) is 4.88. The number of benzene rings is 1. The van der Waals surface area contributed by atoms with E-state index in [2.05, 4.69) is 11.5 Å². The smallest absolute Gasteiger partial charge is 0.0574 e. The highest BCUT2D eigenvalue weighted by atomic mass is 35.5. The maximum atomic E-state index is 5.97. The van der Waals surface area contributed by atoms with E-state index in [0.717, 1.165) is 17.9 Å². The number of halogens is 1. The predicted molar refractivity (Wildman–Crippen MR) is 57.3 cm³/mol. The van der Waals surface area contributed by atoms with Gasteiger partial charge in [0.1, 0.15) is 0 Å². The van der Waals surface area contributed by atoms with Crippen molar-refractivity contribution in [1.29, 1.82) is 0 Å². The standard InChI is InChI=1S/C11H14ClNO/c1-14-13-11-4-2-3-8-5-6-9(12)7-10(8)11/h5-7,11,13H,2-4H2,1H3. The minimum Gasteiger partial charge on any atom is -0.305 e. The maximum absolute atomic E-state index is 5.97. The van der Waals surface area contributed by atoms with Gasteiger partial charge in [0.25, 0.3) is 0 Å². The molecule has 1 aromatic carbocycles. The fraction of sp³-hybridized carbons (Fsp3) is 0.455. The van der Waals surface area contributed by atoms with Gasteiger partial charge in [0.2, 0.25) is 0 Å². The van der Waals surface area contributed by atoms with Crippen molar-refractivity contribution in [2.24, 2.45) is 0 Å². The van der Waals surface area contributed by atoms with Crippen LogP contribution in [-0.4, -0.2) is 7.11 Å². The van der Waals surface area contributed by atoms with E-state index in [0.29, 0.717) is 6.04 Å². The highest BCUT2D eigenvalue weighted by molar-refractivity contribution is 6.30. The zero-order chi connectivity index (χ0) is 9.97. The van der Waals surface area contributed by atoms with Gasteiger partial charge in [-0.1, -0.05) is 17.7 Å². The lowest BCUT2D eigenvalue weighted by Crippen LogP contribution is -2.24. The summed E-state index contributed by atoms with van der Waals surface area (Å²) in [5.41, 5.74) is 5.68. The molecule has 1 N–H and O–H groups in total. The zero-order valence-corrected chi connectivity index (χ0v) is 8.97. The maximum Gasteiger partial charge on any atom is 0.0574 e. The van der Waals surface area contributed by atoms with Gasteiger partial charge in [-0.25, -0.2) is 0 Å². The van der Waals surface area contributed by atoms with E-state index >= 15 is 0 Å². The molecule has 1 aliphatic carbocycles. The van der Waals surface area contributed by atoms with Crippen molar-refractivity contribution >= 4 is 11.6 Å². The SMILES string of the molecule is CONC1CCCc2ccc(Cl)cc21. The highest BCUT2D eigenvalue weighted by Gasteiger charge is 2.19. The lowest BCUT2D eigenvalue weighted by molar-refractivity contribution is 0.0551. The van der Waals surface area contributed by atoms with Crippen molar-refractivity contribution in [1.82, 2.24) is 5.48 Å². The molecule has 0 fully saturated rings. The molecule has 0 aromatic heterocycles. The summed E-state index contributed by atoms with van der Waals surface area (Å²) in [6.07, 6.45) is 3.46. The molecule has 1 aliphatic rings. The zero-order valence-electron chi connectivity index (χ0n) is 8.22. The van der Waals surface area contributed by atoms with Gasteiger partial charge in [-0.3, -0.25) is 0 Å². The van der Waals surface area contributed by atoms with Crippen LogP contribution < -0.4 is 5.48 Å².